The Hall–Kier alpha value is -2.67. The van der Waals surface area contributed by atoms with Crippen LogP contribution in [0.4, 0.5) is 13.2 Å². The Kier molecular flexibility index (Phi) is 5.08. The minimum absolute atomic E-state index is 0.125. The first-order chi connectivity index (χ1) is 12.3. The molecule has 0 amide bonds. The molecule has 1 heterocycles. The minimum Gasteiger partial charge on any atom is -0.338 e. The van der Waals surface area contributed by atoms with Gasteiger partial charge in [-0.05, 0) is 31.7 Å². The van der Waals surface area contributed by atoms with Gasteiger partial charge in [0.05, 0.1) is 12.1 Å². The van der Waals surface area contributed by atoms with Crippen molar-refractivity contribution in [3.05, 3.63) is 71.6 Å². The number of rotatable bonds is 5. The Morgan fingerprint density at radius 2 is 1.81 bits per heavy atom. The molecule has 0 fully saturated rings. The number of hydrogen-bond donors (Lipinski definition) is 0. The van der Waals surface area contributed by atoms with E-state index in [1.807, 2.05) is 42.3 Å². The van der Waals surface area contributed by atoms with E-state index in [0.717, 1.165) is 17.7 Å². The van der Waals surface area contributed by atoms with Crippen molar-refractivity contribution in [3.8, 4) is 11.4 Å². The summed E-state index contributed by atoms with van der Waals surface area (Å²) in [6, 6.07) is 15.0. The lowest BCUT2D eigenvalue weighted by Crippen LogP contribution is -2.22. The second kappa shape index (κ2) is 7.29. The maximum absolute atomic E-state index is 12.8. The smallest absolute Gasteiger partial charge is 0.338 e. The van der Waals surface area contributed by atoms with Gasteiger partial charge in [-0.3, -0.25) is 4.90 Å². The van der Waals surface area contributed by atoms with Gasteiger partial charge in [-0.25, -0.2) is 0 Å². The third kappa shape index (κ3) is 4.11. The highest BCUT2D eigenvalue weighted by Crippen LogP contribution is 2.31. The minimum atomic E-state index is -4.41. The Morgan fingerprint density at radius 1 is 1.08 bits per heavy atom. The van der Waals surface area contributed by atoms with E-state index in [9.17, 15) is 13.2 Å². The Morgan fingerprint density at radius 3 is 2.50 bits per heavy atom. The average Bonchev–Trinajstić information content (AvgIpc) is 3.09. The monoisotopic (exact) mass is 361 g/mol. The summed E-state index contributed by atoms with van der Waals surface area (Å²) in [7, 11) is 1.92. The lowest BCUT2D eigenvalue weighted by molar-refractivity contribution is -0.137. The van der Waals surface area contributed by atoms with Crippen molar-refractivity contribution in [1.82, 2.24) is 15.0 Å². The van der Waals surface area contributed by atoms with E-state index in [1.54, 1.807) is 0 Å². The molecule has 0 aliphatic carbocycles. The molecule has 0 spiro atoms. The van der Waals surface area contributed by atoms with E-state index in [-0.39, 0.29) is 17.4 Å². The predicted molar refractivity (Wildman–Crippen MR) is 91.1 cm³/mol. The highest BCUT2D eigenvalue weighted by Gasteiger charge is 2.30. The van der Waals surface area contributed by atoms with Crippen LogP contribution in [0.1, 0.15) is 30.0 Å². The average molecular weight is 361 g/mol. The summed E-state index contributed by atoms with van der Waals surface area (Å²) in [5.41, 5.74) is 0.678. The van der Waals surface area contributed by atoms with Crippen LogP contribution in [-0.2, 0) is 12.7 Å². The molecule has 0 N–H and O–H groups in total. The second-order valence-corrected chi connectivity index (χ2v) is 6.09. The van der Waals surface area contributed by atoms with Gasteiger partial charge in [-0.1, -0.05) is 47.6 Å². The van der Waals surface area contributed by atoms with Gasteiger partial charge in [0.1, 0.15) is 0 Å². The first kappa shape index (κ1) is 18.1. The van der Waals surface area contributed by atoms with Crippen molar-refractivity contribution in [1.29, 1.82) is 0 Å². The van der Waals surface area contributed by atoms with Gasteiger partial charge in [-0.15, -0.1) is 0 Å². The Balaban J connectivity index is 1.74. The van der Waals surface area contributed by atoms with E-state index in [0.29, 0.717) is 12.4 Å². The van der Waals surface area contributed by atoms with Gasteiger partial charge in [0.25, 0.3) is 0 Å². The van der Waals surface area contributed by atoms with E-state index in [4.69, 9.17) is 4.52 Å². The summed E-state index contributed by atoms with van der Waals surface area (Å²) in [6.07, 6.45) is -4.41. The van der Waals surface area contributed by atoms with Crippen LogP contribution in [0.15, 0.2) is 59.1 Å². The molecular weight excluding hydrogens is 343 g/mol. The summed E-state index contributed by atoms with van der Waals surface area (Å²) in [6.45, 7) is 2.45. The Labute approximate surface area is 149 Å². The molecule has 0 radical (unpaired) electrons. The molecule has 136 valence electrons. The van der Waals surface area contributed by atoms with Gasteiger partial charge in [0.15, 0.2) is 0 Å². The number of benzene rings is 2. The second-order valence-electron chi connectivity index (χ2n) is 6.09. The van der Waals surface area contributed by atoms with Crippen molar-refractivity contribution >= 4 is 0 Å². The van der Waals surface area contributed by atoms with Crippen LogP contribution in [0.25, 0.3) is 11.4 Å². The molecule has 3 aromatic rings. The molecule has 0 saturated carbocycles. The van der Waals surface area contributed by atoms with Crippen LogP contribution < -0.4 is 0 Å². The summed E-state index contributed by atoms with van der Waals surface area (Å²) in [5.74, 6) is 0.495. The molecule has 0 aliphatic rings. The molecule has 2 aromatic carbocycles. The molecule has 0 saturated heterocycles. The molecule has 1 aromatic heterocycles. The molecular formula is C19H18F3N3O. The van der Waals surface area contributed by atoms with Crippen LogP contribution in [0.2, 0.25) is 0 Å². The van der Waals surface area contributed by atoms with E-state index in [2.05, 4.69) is 17.1 Å². The summed E-state index contributed by atoms with van der Waals surface area (Å²) < 4.78 is 43.7. The zero-order valence-electron chi connectivity index (χ0n) is 14.4. The van der Waals surface area contributed by atoms with E-state index >= 15 is 0 Å². The largest absolute Gasteiger partial charge is 0.416 e. The Bertz CT molecular complexity index is 862. The number of alkyl halides is 3. The lowest BCUT2D eigenvalue weighted by Gasteiger charge is -2.23. The van der Waals surface area contributed by atoms with Crippen molar-refractivity contribution < 1.29 is 17.7 Å². The summed E-state index contributed by atoms with van der Waals surface area (Å²) in [5, 5.41) is 3.81. The zero-order valence-corrected chi connectivity index (χ0v) is 14.4. The number of hydrogen-bond acceptors (Lipinski definition) is 4. The molecule has 7 heteroatoms. The lowest BCUT2D eigenvalue weighted by atomic mass is 10.1. The quantitative estimate of drug-likeness (QED) is 0.645. The normalized spacial score (nSPS) is 13.2. The summed E-state index contributed by atoms with van der Waals surface area (Å²) in [4.78, 5) is 6.26. The van der Waals surface area contributed by atoms with Crippen molar-refractivity contribution in [2.75, 3.05) is 7.05 Å². The third-order valence-corrected chi connectivity index (χ3v) is 4.24. The van der Waals surface area contributed by atoms with Crippen LogP contribution >= 0.6 is 0 Å². The van der Waals surface area contributed by atoms with Gasteiger partial charge >= 0.3 is 6.18 Å². The first-order valence-corrected chi connectivity index (χ1v) is 8.10. The van der Waals surface area contributed by atoms with E-state index < -0.39 is 11.7 Å². The SMILES string of the molecule is C[C@@H](c1ccccc1)N(C)Cc1nc(-c2cccc(C(F)(F)F)c2)no1. The fraction of sp³-hybridized carbons (Fsp3) is 0.263. The van der Waals surface area contributed by atoms with Gasteiger partial charge in [0.2, 0.25) is 11.7 Å². The zero-order chi connectivity index (χ0) is 18.7. The van der Waals surface area contributed by atoms with Crippen LogP contribution in [0, 0.1) is 0 Å². The molecule has 3 rings (SSSR count). The number of nitrogens with zero attached hydrogens (tertiary/aromatic N) is 3. The molecule has 1 atom stereocenters. The third-order valence-electron chi connectivity index (χ3n) is 4.24. The molecule has 26 heavy (non-hydrogen) atoms. The van der Waals surface area contributed by atoms with Crippen molar-refractivity contribution in [3.63, 3.8) is 0 Å². The fourth-order valence-electron chi connectivity index (χ4n) is 2.61. The molecule has 4 nitrogen and oxygen atoms in total. The van der Waals surface area contributed by atoms with Gasteiger partial charge < -0.3 is 4.52 Å². The summed E-state index contributed by atoms with van der Waals surface area (Å²) >= 11 is 0. The highest BCUT2D eigenvalue weighted by molar-refractivity contribution is 5.55. The van der Waals surface area contributed by atoms with Gasteiger partial charge in [-0.2, -0.15) is 18.2 Å². The van der Waals surface area contributed by atoms with Crippen LogP contribution in [0.3, 0.4) is 0 Å². The number of halogens is 3. The molecule has 0 bridgehead atoms. The highest BCUT2D eigenvalue weighted by atomic mass is 19.4. The fourth-order valence-corrected chi connectivity index (χ4v) is 2.61. The number of aromatic nitrogens is 2. The maximum Gasteiger partial charge on any atom is 0.416 e. The topological polar surface area (TPSA) is 42.2 Å². The molecule has 0 aliphatic heterocycles. The standard InChI is InChI=1S/C19H18F3N3O/c1-13(14-7-4-3-5-8-14)25(2)12-17-23-18(24-26-17)15-9-6-10-16(11-15)19(20,21)22/h3-11,13H,12H2,1-2H3/t13-/m0/s1. The maximum atomic E-state index is 12.8. The van der Waals surface area contributed by atoms with Gasteiger partial charge in [0, 0.05) is 11.6 Å². The predicted octanol–water partition coefficient (Wildman–Crippen LogP) is 4.95. The molecule has 0 unspecified atom stereocenters. The van der Waals surface area contributed by atoms with Crippen molar-refractivity contribution in [2.45, 2.75) is 25.7 Å². The first-order valence-electron chi connectivity index (χ1n) is 8.10. The van der Waals surface area contributed by atoms with Crippen LogP contribution in [0.5, 0.6) is 0 Å². The van der Waals surface area contributed by atoms with E-state index in [1.165, 1.54) is 12.1 Å². The van der Waals surface area contributed by atoms with Crippen molar-refractivity contribution in [2.24, 2.45) is 0 Å². The van der Waals surface area contributed by atoms with Crippen LogP contribution in [-0.4, -0.2) is 22.1 Å².